The molecule has 0 bridgehead atoms. The maximum Gasteiger partial charge on any atom is 0.228 e. The summed E-state index contributed by atoms with van der Waals surface area (Å²) in [5.41, 5.74) is 15.1. The standard InChI is InChI=1S/C48H38N10O2/c1-48(2)28-51-45(57-48)31-14-10-29(11-15-31)12-16-33-26-41(49)52-40-25-36(20-21-38(33)40)44-50-23-22-42(54-44)55-46(58-60)35-7-5-6-30(24-35)13-17-34-27-43(56-47(59)32-18-19-32)53-39-9-4-3-8-37(34)39/h3-11,14-15,20-27,32,60H,18-19,28H2,1-2H3,(H2,49,52)(H,51,57)(H,53,56,59)(H,50,54,55,58). The van der Waals surface area contributed by atoms with Gasteiger partial charge in [-0.15, -0.1) is 0 Å². The number of nitrogen functional groups attached to an aromatic ring is 1. The molecule has 2 aliphatic rings. The summed E-state index contributed by atoms with van der Waals surface area (Å²) < 4.78 is 0. The van der Waals surface area contributed by atoms with Crippen molar-refractivity contribution in [2.75, 3.05) is 17.6 Å². The van der Waals surface area contributed by atoms with Gasteiger partial charge in [0, 0.05) is 67.9 Å². The number of nitrogens with zero attached hydrogens (tertiary/aromatic N) is 6. The molecule has 1 saturated carbocycles. The van der Waals surface area contributed by atoms with E-state index in [-0.39, 0.29) is 23.2 Å². The minimum absolute atomic E-state index is 0.0189. The number of amides is 1. The van der Waals surface area contributed by atoms with Crippen LogP contribution in [0.4, 0.5) is 17.5 Å². The molecule has 4 aromatic carbocycles. The number of hydroxylamine groups is 1. The molecule has 1 aliphatic carbocycles. The van der Waals surface area contributed by atoms with Gasteiger partial charge in [0.25, 0.3) is 0 Å². The second-order valence-electron chi connectivity index (χ2n) is 15.3. The Hall–Kier alpha value is -7.93. The minimum atomic E-state index is -0.0482. The topological polar surface area (TPSA) is 176 Å². The Bertz CT molecular complexity index is 3040. The van der Waals surface area contributed by atoms with Crippen molar-refractivity contribution in [3.05, 3.63) is 149 Å². The molecule has 0 radical (unpaired) electrons. The van der Waals surface area contributed by atoms with E-state index < -0.39 is 0 Å². The summed E-state index contributed by atoms with van der Waals surface area (Å²) in [6, 6.07) is 33.9. The van der Waals surface area contributed by atoms with Crippen LogP contribution in [0.1, 0.15) is 60.1 Å². The molecule has 0 atom stereocenters. The van der Waals surface area contributed by atoms with Crippen LogP contribution in [0, 0.1) is 29.6 Å². The van der Waals surface area contributed by atoms with E-state index in [0.717, 1.165) is 63.8 Å². The molecular formula is C48H38N10O2. The molecule has 12 nitrogen and oxygen atoms in total. The molecular weight excluding hydrogens is 749 g/mol. The van der Waals surface area contributed by atoms with Gasteiger partial charge in [-0.3, -0.25) is 20.5 Å². The van der Waals surface area contributed by atoms with Crippen LogP contribution >= 0.6 is 0 Å². The second-order valence-corrected chi connectivity index (χ2v) is 15.3. The zero-order valence-corrected chi connectivity index (χ0v) is 32.8. The largest absolute Gasteiger partial charge is 0.384 e. The molecule has 0 saturated heterocycles. The molecule has 12 heteroatoms. The lowest BCUT2D eigenvalue weighted by Gasteiger charge is -2.18. The van der Waals surface area contributed by atoms with E-state index in [9.17, 15) is 10.0 Å². The predicted octanol–water partition coefficient (Wildman–Crippen LogP) is 7.16. The van der Waals surface area contributed by atoms with Crippen LogP contribution in [0.25, 0.3) is 33.2 Å². The van der Waals surface area contributed by atoms with Gasteiger partial charge in [-0.1, -0.05) is 78.3 Å². The second kappa shape index (κ2) is 15.8. The van der Waals surface area contributed by atoms with Gasteiger partial charge in [0.1, 0.15) is 17.5 Å². The molecule has 292 valence electrons. The third-order valence-electron chi connectivity index (χ3n) is 10.0. The number of benzene rings is 4. The van der Waals surface area contributed by atoms with Gasteiger partial charge in [0.05, 0.1) is 23.1 Å². The molecule has 4 heterocycles. The van der Waals surface area contributed by atoms with Gasteiger partial charge in [-0.2, -0.15) is 0 Å². The van der Waals surface area contributed by atoms with Gasteiger partial charge >= 0.3 is 0 Å². The smallest absolute Gasteiger partial charge is 0.228 e. The first-order valence-electron chi connectivity index (χ1n) is 19.5. The third-order valence-corrected chi connectivity index (χ3v) is 10.0. The van der Waals surface area contributed by atoms with E-state index in [0.29, 0.717) is 45.5 Å². The molecule has 0 spiro atoms. The van der Waals surface area contributed by atoms with E-state index in [1.165, 1.54) is 0 Å². The lowest BCUT2D eigenvalue weighted by molar-refractivity contribution is -0.117. The molecule has 1 fully saturated rings. The SMILES string of the molecule is CC1(C)CN=C(c2ccc(C#Cc3cc(N)nc4cc(-c5nccc(N=C(NO)c6cccc(C#Cc7cc(NC(=O)C8CC8)nc8ccccc78)c6)n5)ccc34)cc2)N1. The first kappa shape index (κ1) is 37.6. The van der Waals surface area contributed by atoms with Crippen LogP contribution in [-0.2, 0) is 4.79 Å². The van der Waals surface area contributed by atoms with Crippen LogP contribution in [-0.4, -0.2) is 54.8 Å². The van der Waals surface area contributed by atoms with Crippen LogP contribution < -0.4 is 21.8 Å². The van der Waals surface area contributed by atoms with Crippen molar-refractivity contribution < 1.29 is 10.0 Å². The van der Waals surface area contributed by atoms with Crippen molar-refractivity contribution in [1.29, 1.82) is 0 Å². The average molecular weight is 787 g/mol. The van der Waals surface area contributed by atoms with Crippen molar-refractivity contribution in [2.45, 2.75) is 32.2 Å². The van der Waals surface area contributed by atoms with E-state index in [1.54, 1.807) is 30.5 Å². The summed E-state index contributed by atoms with van der Waals surface area (Å²) >= 11 is 0. The lowest BCUT2D eigenvalue weighted by Crippen LogP contribution is -2.39. The van der Waals surface area contributed by atoms with Crippen molar-refractivity contribution in [1.82, 2.24) is 30.7 Å². The number of aromatic nitrogens is 4. The number of carbonyl (C=O) groups is 1. The highest BCUT2D eigenvalue weighted by atomic mass is 16.5. The summed E-state index contributed by atoms with van der Waals surface area (Å²) in [5.74, 6) is 15.7. The summed E-state index contributed by atoms with van der Waals surface area (Å²) in [6.45, 7) is 5.00. The fourth-order valence-electron chi connectivity index (χ4n) is 6.80. The Balaban J connectivity index is 0.951. The van der Waals surface area contributed by atoms with E-state index >= 15 is 0 Å². The number of pyridine rings is 2. The zero-order valence-electron chi connectivity index (χ0n) is 32.8. The molecule has 60 heavy (non-hydrogen) atoms. The molecule has 7 aromatic rings. The number of nitrogens with one attached hydrogen (secondary N) is 3. The zero-order chi connectivity index (χ0) is 41.2. The quantitative estimate of drug-likeness (QED) is 0.0507. The number of rotatable bonds is 6. The number of aliphatic imine (C=N–C) groups is 2. The maximum absolute atomic E-state index is 12.5. The molecule has 3 aromatic heterocycles. The highest BCUT2D eigenvalue weighted by molar-refractivity contribution is 6.01. The molecule has 1 amide bonds. The molecule has 0 unspecified atom stereocenters. The van der Waals surface area contributed by atoms with Crippen molar-refractivity contribution in [2.24, 2.45) is 15.9 Å². The Kier molecular flexibility index (Phi) is 9.90. The van der Waals surface area contributed by atoms with Gasteiger partial charge < -0.3 is 16.4 Å². The van der Waals surface area contributed by atoms with Crippen LogP contribution in [0.5, 0.6) is 0 Å². The molecule has 9 rings (SSSR count). The number of para-hydroxylation sites is 1. The van der Waals surface area contributed by atoms with E-state index in [2.05, 4.69) is 83.6 Å². The Morgan fingerprint density at radius 3 is 2.35 bits per heavy atom. The summed E-state index contributed by atoms with van der Waals surface area (Å²) in [4.78, 5) is 40.1. The number of nitrogens with two attached hydrogens (primary N) is 1. The third kappa shape index (κ3) is 8.36. The Morgan fingerprint density at radius 1 is 0.800 bits per heavy atom. The Morgan fingerprint density at radius 2 is 1.57 bits per heavy atom. The normalized spacial score (nSPS) is 14.3. The van der Waals surface area contributed by atoms with Gasteiger partial charge in [-0.25, -0.2) is 24.9 Å². The highest BCUT2D eigenvalue weighted by Gasteiger charge is 2.30. The summed E-state index contributed by atoms with van der Waals surface area (Å²) in [5, 5.41) is 18.3. The monoisotopic (exact) mass is 786 g/mol. The summed E-state index contributed by atoms with van der Waals surface area (Å²) in [7, 11) is 0. The number of amidine groups is 2. The molecule has 1 aliphatic heterocycles. The fraction of sp³-hybridized carbons (Fsp3) is 0.146. The lowest BCUT2D eigenvalue weighted by atomic mass is 10.0. The van der Waals surface area contributed by atoms with Crippen LogP contribution in [0.3, 0.4) is 0 Å². The minimum Gasteiger partial charge on any atom is -0.384 e. The van der Waals surface area contributed by atoms with Crippen molar-refractivity contribution in [3.8, 4) is 35.1 Å². The number of fused-ring (bicyclic) bond motifs is 2. The highest BCUT2D eigenvalue weighted by Crippen LogP contribution is 2.31. The summed E-state index contributed by atoms with van der Waals surface area (Å²) in [6.07, 6.45) is 3.40. The number of hydrogen-bond donors (Lipinski definition) is 5. The van der Waals surface area contributed by atoms with Gasteiger partial charge in [-0.05, 0) is 75.2 Å². The average Bonchev–Trinajstić information content (AvgIpc) is 4.06. The first-order chi connectivity index (χ1) is 29.2. The van der Waals surface area contributed by atoms with E-state index in [4.69, 9.17) is 5.73 Å². The Labute approximate surface area is 346 Å². The van der Waals surface area contributed by atoms with Crippen LogP contribution in [0.15, 0.2) is 125 Å². The van der Waals surface area contributed by atoms with Gasteiger partial charge in [0.15, 0.2) is 17.5 Å². The number of hydrogen-bond acceptors (Lipinski definition) is 10. The number of anilines is 2. The predicted molar refractivity (Wildman–Crippen MR) is 235 cm³/mol. The molecule has 6 N–H and O–H groups in total. The maximum atomic E-state index is 12.5. The van der Waals surface area contributed by atoms with Crippen LogP contribution in [0.2, 0.25) is 0 Å². The number of carbonyl (C=O) groups excluding carboxylic acids is 1. The van der Waals surface area contributed by atoms with Crippen molar-refractivity contribution in [3.63, 3.8) is 0 Å². The first-order valence-corrected chi connectivity index (χ1v) is 19.5. The van der Waals surface area contributed by atoms with Gasteiger partial charge in [0.2, 0.25) is 5.91 Å². The van der Waals surface area contributed by atoms with Crippen molar-refractivity contribution >= 4 is 56.8 Å². The fourth-order valence-corrected chi connectivity index (χ4v) is 6.80. The van der Waals surface area contributed by atoms with E-state index in [1.807, 2.05) is 84.9 Å².